The first-order valence-corrected chi connectivity index (χ1v) is 6.62. The number of aryl methyl sites for hydroxylation is 1. The molecule has 2 N–H and O–H groups in total. The Bertz CT molecular complexity index is 673. The molecule has 2 rings (SSSR count). The lowest BCUT2D eigenvalue weighted by molar-refractivity contribution is 0.103. The Kier molecular flexibility index (Phi) is 3.92. The van der Waals surface area contributed by atoms with Gasteiger partial charge in [0.1, 0.15) is 5.82 Å². The molecule has 98 valence electrons. The number of ketones is 1. The van der Waals surface area contributed by atoms with Gasteiger partial charge in [0.2, 0.25) is 0 Å². The number of rotatable bonds is 2. The highest BCUT2D eigenvalue weighted by Gasteiger charge is 2.18. The minimum absolute atomic E-state index is 0.0677. The zero-order valence-electron chi connectivity index (χ0n) is 10.0. The molecule has 5 heteroatoms. The zero-order valence-corrected chi connectivity index (χ0v) is 12.3. The lowest BCUT2D eigenvalue weighted by Gasteiger charge is -2.08. The van der Waals surface area contributed by atoms with Gasteiger partial charge in [-0.25, -0.2) is 4.39 Å². The normalized spacial score (nSPS) is 10.5. The lowest BCUT2D eigenvalue weighted by Crippen LogP contribution is -2.07. The van der Waals surface area contributed by atoms with Crippen LogP contribution in [-0.2, 0) is 0 Å². The Morgan fingerprint density at radius 3 is 2.63 bits per heavy atom. The molecule has 0 spiro atoms. The quantitative estimate of drug-likeness (QED) is 0.500. The molecule has 0 bridgehead atoms. The van der Waals surface area contributed by atoms with Crippen LogP contribution in [0, 0.1) is 12.7 Å². The summed E-state index contributed by atoms with van der Waals surface area (Å²) in [5.74, 6) is -1.06. The summed E-state index contributed by atoms with van der Waals surface area (Å²) in [6, 6.07) is 7.44. The molecule has 0 aliphatic heterocycles. The van der Waals surface area contributed by atoms with E-state index in [4.69, 9.17) is 17.3 Å². The largest absolute Gasteiger partial charge is 0.399 e. The SMILES string of the molecule is Cc1ccc(N)cc1C(=O)c1cc(Cl)c(Br)cc1F. The molecule has 0 aromatic heterocycles. The maximum Gasteiger partial charge on any atom is 0.196 e. The van der Waals surface area contributed by atoms with E-state index in [2.05, 4.69) is 15.9 Å². The van der Waals surface area contributed by atoms with Crippen LogP contribution < -0.4 is 5.73 Å². The van der Waals surface area contributed by atoms with Crippen LogP contribution in [0.4, 0.5) is 10.1 Å². The molecule has 0 aliphatic carbocycles. The molecular formula is C14H10BrClFNO. The van der Waals surface area contributed by atoms with Crippen LogP contribution in [0.1, 0.15) is 21.5 Å². The van der Waals surface area contributed by atoms with E-state index in [0.29, 0.717) is 15.7 Å². The summed E-state index contributed by atoms with van der Waals surface area (Å²) in [5.41, 5.74) is 7.15. The lowest BCUT2D eigenvalue weighted by atomic mass is 9.98. The molecule has 0 atom stereocenters. The molecular weight excluding hydrogens is 333 g/mol. The van der Waals surface area contributed by atoms with E-state index >= 15 is 0 Å². The van der Waals surface area contributed by atoms with Crippen molar-refractivity contribution in [2.45, 2.75) is 6.92 Å². The van der Waals surface area contributed by atoms with Crippen LogP contribution in [0.3, 0.4) is 0 Å². The van der Waals surface area contributed by atoms with Gasteiger partial charge in [-0.05, 0) is 52.7 Å². The first-order chi connectivity index (χ1) is 8.90. The van der Waals surface area contributed by atoms with E-state index in [9.17, 15) is 9.18 Å². The van der Waals surface area contributed by atoms with E-state index in [0.717, 1.165) is 5.56 Å². The Labute approximate surface area is 123 Å². The zero-order chi connectivity index (χ0) is 14.2. The van der Waals surface area contributed by atoms with Crippen LogP contribution in [-0.4, -0.2) is 5.78 Å². The standard InChI is InChI=1S/C14H10BrClFNO/c1-7-2-3-8(18)4-9(7)14(19)10-5-12(16)11(15)6-13(10)17/h2-6H,18H2,1H3. The van der Waals surface area contributed by atoms with Crippen molar-refractivity contribution in [3.63, 3.8) is 0 Å². The van der Waals surface area contributed by atoms with Gasteiger partial charge in [0, 0.05) is 15.7 Å². The van der Waals surface area contributed by atoms with Gasteiger partial charge in [-0.1, -0.05) is 17.7 Å². The topological polar surface area (TPSA) is 43.1 Å². The number of halogens is 3. The molecule has 0 aliphatic rings. The number of benzene rings is 2. The summed E-state index contributed by atoms with van der Waals surface area (Å²) in [6.45, 7) is 1.77. The summed E-state index contributed by atoms with van der Waals surface area (Å²) in [7, 11) is 0. The van der Waals surface area contributed by atoms with Crippen LogP contribution in [0.5, 0.6) is 0 Å². The van der Waals surface area contributed by atoms with Gasteiger partial charge in [-0.3, -0.25) is 4.79 Å². The molecule has 0 unspecified atom stereocenters. The molecule has 2 aromatic carbocycles. The fourth-order valence-electron chi connectivity index (χ4n) is 1.73. The average Bonchev–Trinajstić information content (AvgIpc) is 2.36. The molecule has 0 amide bonds. The molecule has 2 aromatic rings. The van der Waals surface area contributed by atoms with Crippen molar-refractivity contribution in [1.29, 1.82) is 0 Å². The number of nitrogens with two attached hydrogens (primary N) is 1. The van der Waals surface area contributed by atoms with Gasteiger partial charge >= 0.3 is 0 Å². The Balaban J connectivity index is 2.56. The van der Waals surface area contributed by atoms with E-state index in [1.54, 1.807) is 19.1 Å². The second kappa shape index (κ2) is 5.31. The second-order valence-corrected chi connectivity index (χ2v) is 5.41. The van der Waals surface area contributed by atoms with Gasteiger partial charge in [0.05, 0.1) is 10.6 Å². The van der Waals surface area contributed by atoms with Crippen LogP contribution in [0.15, 0.2) is 34.8 Å². The van der Waals surface area contributed by atoms with Crippen molar-refractivity contribution in [2.24, 2.45) is 0 Å². The van der Waals surface area contributed by atoms with Gasteiger partial charge in [-0.15, -0.1) is 0 Å². The third-order valence-electron chi connectivity index (χ3n) is 2.76. The summed E-state index contributed by atoms with van der Waals surface area (Å²) >= 11 is 9.01. The first-order valence-electron chi connectivity index (χ1n) is 5.45. The number of anilines is 1. The maximum atomic E-state index is 13.9. The van der Waals surface area contributed by atoms with Crippen molar-refractivity contribution >= 4 is 39.0 Å². The fraction of sp³-hybridized carbons (Fsp3) is 0.0714. The van der Waals surface area contributed by atoms with E-state index < -0.39 is 11.6 Å². The molecule has 0 radical (unpaired) electrons. The molecule has 0 saturated carbocycles. The van der Waals surface area contributed by atoms with Crippen molar-refractivity contribution in [3.8, 4) is 0 Å². The summed E-state index contributed by atoms with van der Waals surface area (Å²) in [6.07, 6.45) is 0. The van der Waals surface area contributed by atoms with Gasteiger partial charge in [0.15, 0.2) is 5.78 Å². The smallest absolute Gasteiger partial charge is 0.196 e. The minimum atomic E-state index is -0.622. The molecule has 0 fully saturated rings. The summed E-state index contributed by atoms with van der Waals surface area (Å²) in [4.78, 5) is 12.3. The monoisotopic (exact) mass is 341 g/mol. The van der Waals surface area contributed by atoms with Crippen molar-refractivity contribution in [2.75, 3.05) is 5.73 Å². The van der Waals surface area contributed by atoms with Gasteiger partial charge in [0.25, 0.3) is 0 Å². The highest BCUT2D eigenvalue weighted by molar-refractivity contribution is 9.10. The van der Waals surface area contributed by atoms with E-state index in [1.807, 2.05) is 0 Å². The predicted molar refractivity (Wildman–Crippen MR) is 78.1 cm³/mol. The van der Waals surface area contributed by atoms with Crippen LogP contribution in [0.2, 0.25) is 5.02 Å². The molecule has 0 saturated heterocycles. The third kappa shape index (κ3) is 2.80. The second-order valence-electron chi connectivity index (χ2n) is 4.15. The van der Waals surface area contributed by atoms with Crippen molar-refractivity contribution < 1.29 is 9.18 Å². The number of hydrogen-bond donors (Lipinski definition) is 1. The number of carbonyl (C=O) groups is 1. The molecule has 19 heavy (non-hydrogen) atoms. The van der Waals surface area contributed by atoms with Gasteiger partial charge < -0.3 is 5.73 Å². The predicted octanol–water partition coefficient (Wildman–Crippen LogP) is 4.36. The highest BCUT2D eigenvalue weighted by atomic mass is 79.9. The van der Waals surface area contributed by atoms with Crippen molar-refractivity contribution in [1.82, 2.24) is 0 Å². The fourth-order valence-corrected chi connectivity index (χ4v) is 2.21. The maximum absolute atomic E-state index is 13.9. The summed E-state index contributed by atoms with van der Waals surface area (Å²) < 4.78 is 14.3. The Morgan fingerprint density at radius 1 is 1.26 bits per heavy atom. The Hall–Kier alpha value is -1.39. The minimum Gasteiger partial charge on any atom is -0.399 e. The van der Waals surface area contributed by atoms with Crippen LogP contribution >= 0.6 is 27.5 Å². The third-order valence-corrected chi connectivity index (χ3v) is 3.96. The first kappa shape index (κ1) is 14.0. The van der Waals surface area contributed by atoms with E-state index in [-0.39, 0.29) is 10.6 Å². The van der Waals surface area contributed by atoms with Crippen LogP contribution in [0.25, 0.3) is 0 Å². The van der Waals surface area contributed by atoms with Crippen molar-refractivity contribution in [3.05, 3.63) is 62.3 Å². The number of carbonyl (C=O) groups excluding carboxylic acids is 1. The highest BCUT2D eigenvalue weighted by Crippen LogP contribution is 2.28. The van der Waals surface area contributed by atoms with E-state index in [1.165, 1.54) is 18.2 Å². The summed E-state index contributed by atoms with van der Waals surface area (Å²) in [5, 5.41) is 0.284. The number of nitrogen functional groups attached to an aromatic ring is 1. The Morgan fingerprint density at radius 2 is 1.95 bits per heavy atom. The molecule has 0 heterocycles. The van der Waals surface area contributed by atoms with Gasteiger partial charge in [-0.2, -0.15) is 0 Å². The average molecular weight is 343 g/mol. The number of hydrogen-bond acceptors (Lipinski definition) is 2. The molecule has 2 nitrogen and oxygen atoms in total.